The molecule has 2 nitrogen and oxygen atoms in total. The predicted octanol–water partition coefficient (Wildman–Crippen LogP) is 3.20. The van der Waals surface area contributed by atoms with Gasteiger partial charge >= 0.3 is 0 Å². The summed E-state index contributed by atoms with van der Waals surface area (Å²) in [5.41, 5.74) is 6.56. The quantitative estimate of drug-likeness (QED) is 0.803. The highest BCUT2D eigenvalue weighted by Crippen LogP contribution is 2.40. The van der Waals surface area contributed by atoms with Gasteiger partial charge in [0.1, 0.15) is 0 Å². The van der Waals surface area contributed by atoms with Gasteiger partial charge in [-0.1, -0.05) is 26.7 Å². The fraction of sp³-hybridized carbons (Fsp3) is 1.00. The molecule has 0 aromatic carbocycles. The van der Waals surface area contributed by atoms with Gasteiger partial charge in [-0.05, 0) is 44.4 Å². The molecule has 1 aliphatic carbocycles. The van der Waals surface area contributed by atoms with Crippen LogP contribution >= 0.6 is 0 Å². The van der Waals surface area contributed by atoms with E-state index in [1.807, 2.05) is 0 Å². The van der Waals surface area contributed by atoms with E-state index in [1.165, 1.54) is 25.7 Å². The molecule has 5 atom stereocenters. The molecule has 2 rings (SSSR count). The number of nitrogens with two attached hydrogens (primary N) is 1. The molecule has 0 aromatic rings. The van der Waals surface area contributed by atoms with Crippen molar-refractivity contribution in [3.05, 3.63) is 0 Å². The van der Waals surface area contributed by atoms with Gasteiger partial charge in [0.2, 0.25) is 0 Å². The molecule has 100 valence electrons. The first kappa shape index (κ1) is 13.4. The molecule has 1 aliphatic heterocycles. The lowest BCUT2D eigenvalue weighted by Crippen LogP contribution is -2.44. The second-order valence-corrected chi connectivity index (χ2v) is 6.58. The van der Waals surface area contributed by atoms with Gasteiger partial charge in [-0.2, -0.15) is 0 Å². The first-order chi connectivity index (χ1) is 8.00. The Bertz CT molecular complexity index is 247. The summed E-state index contributed by atoms with van der Waals surface area (Å²) >= 11 is 0. The van der Waals surface area contributed by atoms with Gasteiger partial charge in [0.25, 0.3) is 0 Å². The van der Waals surface area contributed by atoms with Crippen molar-refractivity contribution in [2.45, 2.75) is 71.6 Å². The smallest absolute Gasteiger partial charge is 0.0597 e. The fourth-order valence-electron chi connectivity index (χ4n) is 3.94. The Morgan fingerprint density at radius 2 is 1.53 bits per heavy atom. The topological polar surface area (TPSA) is 35.2 Å². The van der Waals surface area contributed by atoms with E-state index < -0.39 is 0 Å². The molecule has 1 saturated heterocycles. The molecule has 0 bridgehead atoms. The molecular weight excluding hydrogens is 210 g/mol. The Balaban J connectivity index is 1.97. The van der Waals surface area contributed by atoms with Gasteiger partial charge in [-0.3, -0.25) is 0 Å². The van der Waals surface area contributed by atoms with Crippen molar-refractivity contribution in [2.24, 2.45) is 29.4 Å². The number of ether oxygens (including phenoxy) is 1. The van der Waals surface area contributed by atoms with E-state index in [-0.39, 0.29) is 0 Å². The van der Waals surface area contributed by atoms with Crippen LogP contribution < -0.4 is 5.73 Å². The van der Waals surface area contributed by atoms with Gasteiger partial charge in [-0.15, -0.1) is 0 Å². The summed E-state index contributed by atoms with van der Waals surface area (Å²) < 4.78 is 5.94. The minimum Gasteiger partial charge on any atom is -0.375 e. The maximum absolute atomic E-state index is 6.56. The van der Waals surface area contributed by atoms with Crippen LogP contribution in [0.3, 0.4) is 0 Å². The minimum absolute atomic E-state index is 0.342. The van der Waals surface area contributed by atoms with E-state index >= 15 is 0 Å². The van der Waals surface area contributed by atoms with Crippen LogP contribution in [0.15, 0.2) is 0 Å². The second-order valence-electron chi connectivity index (χ2n) is 6.58. The highest BCUT2D eigenvalue weighted by atomic mass is 16.5. The van der Waals surface area contributed by atoms with Crippen LogP contribution in [0.1, 0.15) is 53.4 Å². The van der Waals surface area contributed by atoms with Crippen LogP contribution in [-0.4, -0.2) is 18.2 Å². The maximum Gasteiger partial charge on any atom is 0.0597 e. The molecular formula is C15H29NO. The number of rotatable bonds is 2. The zero-order valence-electron chi connectivity index (χ0n) is 11.9. The van der Waals surface area contributed by atoms with Crippen LogP contribution in [0.5, 0.6) is 0 Å². The molecule has 1 heterocycles. The molecule has 5 unspecified atom stereocenters. The van der Waals surface area contributed by atoms with Gasteiger partial charge in [-0.25, -0.2) is 0 Å². The molecule has 17 heavy (non-hydrogen) atoms. The summed E-state index contributed by atoms with van der Waals surface area (Å²) in [6.45, 7) is 9.07. The zero-order chi connectivity index (χ0) is 12.6. The minimum atomic E-state index is 0.342. The highest BCUT2D eigenvalue weighted by Gasteiger charge is 2.43. The molecule has 0 amide bonds. The third kappa shape index (κ3) is 2.68. The standard InChI is InChI=1S/C15H29NO/c1-9-5-7-13(8-6-9)15(16)14-10(2)11(3)17-12(14)4/h9-15H,5-8,16H2,1-4H3. The third-order valence-electron chi connectivity index (χ3n) is 5.37. The van der Waals surface area contributed by atoms with Gasteiger partial charge in [0, 0.05) is 12.0 Å². The molecule has 0 aromatic heterocycles. The van der Waals surface area contributed by atoms with Crippen molar-refractivity contribution in [1.29, 1.82) is 0 Å². The van der Waals surface area contributed by atoms with E-state index in [1.54, 1.807) is 0 Å². The first-order valence-corrected chi connectivity index (χ1v) is 7.41. The lowest BCUT2D eigenvalue weighted by atomic mass is 9.72. The summed E-state index contributed by atoms with van der Waals surface area (Å²) in [6, 6.07) is 0.345. The van der Waals surface area contributed by atoms with Crippen molar-refractivity contribution >= 4 is 0 Å². The SMILES string of the molecule is CC1CCC(C(N)C2C(C)OC(C)C2C)CC1. The Kier molecular flexibility index (Phi) is 4.14. The molecule has 0 spiro atoms. The van der Waals surface area contributed by atoms with E-state index in [9.17, 15) is 0 Å². The van der Waals surface area contributed by atoms with Crippen molar-refractivity contribution in [3.63, 3.8) is 0 Å². The van der Waals surface area contributed by atoms with Crippen LogP contribution in [0.4, 0.5) is 0 Å². The number of hydrogen-bond donors (Lipinski definition) is 1. The second kappa shape index (κ2) is 5.27. The molecule has 2 aliphatic rings. The van der Waals surface area contributed by atoms with Gasteiger partial charge in [0.05, 0.1) is 12.2 Å². The monoisotopic (exact) mass is 239 g/mol. The Hall–Kier alpha value is -0.0800. The summed E-state index contributed by atoms with van der Waals surface area (Å²) in [5, 5.41) is 0. The summed E-state index contributed by atoms with van der Waals surface area (Å²) in [7, 11) is 0. The normalized spacial score (nSPS) is 49.2. The van der Waals surface area contributed by atoms with Crippen molar-refractivity contribution in [1.82, 2.24) is 0 Å². The summed E-state index contributed by atoms with van der Waals surface area (Å²) in [4.78, 5) is 0. The van der Waals surface area contributed by atoms with Crippen molar-refractivity contribution < 1.29 is 4.74 Å². The lowest BCUT2D eigenvalue weighted by Gasteiger charge is -2.36. The maximum atomic E-state index is 6.56. The molecule has 2 fully saturated rings. The van der Waals surface area contributed by atoms with E-state index in [2.05, 4.69) is 27.7 Å². The van der Waals surface area contributed by atoms with E-state index in [4.69, 9.17) is 10.5 Å². The first-order valence-electron chi connectivity index (χ1n) is 7.41. The van der Waals surface area contributed by atoms with Gasteiger partial charge < -0.3 is 10.5 Å². The highest BCUT2D eigenvalue weighted by molar-refractivity contribution is 4.94. The zero-order valence-corrected chi connectivity index (χ0v) is 11.9. The average Bonchev–Trinajstić information content (AvgIpc) is 2.53. The van der Waals surface area contributed by atoms with E-state index in [0.717, 1.165) is 11.8 Å². The van der Waals surface area contributed by atoms with Crippen LogP contribution in [0.2, 0.25) is 0 Å². The molecule has 1 saturated carbocycles. The number of hydrogen-bond acceptors (Lipinski definition) is 2. The van der Waals surface area contributed by atoms with Crippen LogP contribution in [0.25, 0.3) is 0 Å². The van der Waals surface area contributed by atoms with Crippen molar-refractivity contribution in [2.75, 3.05) is 0 Å². The Labute approximate surface area is 106 Å². The largest absolute Gasteiger partial charge is 0.375 e. The van der Waals surface area contributed by atoms with E-state index in [0.29, 0.717) is 30.1 Å². The fourth-order valence-corrected chi connectivity index (χ4v) is 3.94. The third-order valence-corrected chi connectivity index (χ3v) is 5.37. The summed E-state index contributed by atoms with van der Waals surface area (Å²) in [6.07, 6.45) is 6.10. The molecule has 2 heteroatoms. The lowest BCUT2D eigenvalue weighted by molar-refractivity contribution is 0.0451. The average molecular weight is 239 g/mol. The van der Waals surface area contributed by atoms with Crippen LogP contribution in [0, 0.1) is 23.7 Å². The Morgan fingerprint density at radius 3 is 2.00 bits per heavy atom. The summed E-state index contributed by atoms with van der Waals surface area (Å²) in [5.74, 6) is 2.81. The molecule has 2 N–H and O–H groups in total. The van der Waals surface area contributed by atoms with Crippen LogP contribution in [-0.2, 0) is 4.74 Å². The van der Waals surface area contributed by atoms with Gasteiger partial charge in [0.15, 0.2) is 0 Å². The Morgan fingerprint density at radius 1 is 0.941 bits per heavy atom. The van der Waals surface area contributed by atoms with Crippen molar-refractivity contribution in [3.8, 4) is 0 Å². The predicted molar refractivity (Wildman–Crippen MR) is 71.8 cm³/mol. The molecule has 0 radical (unpaired) electrons.